The summed E-state index contributed by atoms with van der Waals surface area (Å²) in [6.45, 7) is 0. The molecule has 0 spiro atoms. The Hall–Kier alpha value is -5.10. The van der Waals surface area contributed by atoms with E-state index in [1.165, 1.54) is 36.7 Å². The van der Waals surface area contributed by atoms with Crippen LogP contribution >= 0.6 is 0 Å². The molecule has 4 aromatic carbocycles. The number of pyridine rings is 2. The molecule has 49 heavy (non-hydrogen) atoms. The van der Waals surface area contributed by atoms with E-state index < -0.39 is 0 Å². The van der Waals surface area contributed by atoms with Crippen LogP contribution < -0.4 is 9.47 Å². The Morgan fingerprint density at radius 1 is 0.490 bits per heavy atom. The predicted octanol–water partition coefficient (Wildman–Crippen LogP) is 8.76. The molecule has 8 rings (SSSR count). The van der Waals surface area contributed by atoms with Crippen LogP contribution in [0.1, 0.15) is 0 Å². The quantitative estimate of drug-likeness (QED) is 0.149. The van der Waals surface area contributed by atoms with Crippen LogP contribution in [0.3, 0.4) is 0 Å². The topological polar surface area (TPSA) is 75.0 Å². The standard InChI is InChI=1S/C38H19F2N5O2.2Pt/c39-26-12-16-41-34(20-26)24-4-1-6-28(18-24)46-30-8-10-32-33-11-9-31(23-37(33)45(36(32)22-30)38-43-14-3-15-44-38)47-29-7-2-5-25(19-29)35-21-27(40)13-17-42-35;;/h1-17,20-21H;;/q-4;2*+2. The zero-order valence-corrected chi connectivity index (χ0v) is 29.5. The van der Waals surface area contributed by atoms with Gasteiger partial charge in [0.25, 0.3) is 0 Å². The van der Waals surface area contributed by atoms with Crippen molar-refractivity contribution in [3.05, 3.63) is 152 Å². The molecule has 0 radical (unpaired) electrons. The minimum absolute atomic E-state index is 0. The first kappa shape index (κ1) is 33.8. The minimum Gasteiger partial charge on any atom is -0.503 e. The molecule has 0 saturated heterocycles. The maximum atomic E-state index is 13.8. The van der Waals surface area contributed by atoms with Crippen LogP contribution in [-0.4, -0.2) is 24.5 Å². The zero-order chi connectivity index (χ0) is 31.7. The largest absolute Gasteiger partial charge is 2.00 e. The summed E-state index contributed by atoms with van der Waals surface area (Å²) in [7, 11) is 0. The molecule has 0 saturated carbocycles. The summed E-state index contributed by atoms with van der Waals surface area (Å²) in [5.41, 5.74) is 3.38. The van der Waals surface area contributed by atoms with Gasteiger partial charge in [-0.3, -0.25) is 0 Å². The maximum Gasteiger partial charge on any atom is 2.00 e. The van der Waals surface area contributed by atoms with Crippen molar-refractivity contribution in [2.45, 2.75) is 0 Å². The summed E-state index contributed by atoms with van der Waals surface area (Å²) >= 11 is 0. The van der Waals surface area contributed by atoms with E-state index in [4.69, 9.17) is 9.47 Å². The minimum atomic E-state index is -0.386. The number of rotatable bonds is 7. The van der Waals surface area contributed by atoms with E-state index in [0.29, 0.717) is 62.5 Å². The Balaban J connectivity index is 0.00000208. The fourth-order valence-corrected chi connectivity index (χ4v) is 5.21. The third-order valence-electron chi connectivity index (χ3n) is 7.26. The molecule has 0 aliphatic carbocycles. The zero-order valence-electron chi connectivity index (χ0n) is 24.9. The molecule has 4 heterocycles. The van der Waals surface area contributed by atoms with Gasteiger partial charge in [-0.15, -0.1) is 71.8 Å². The molecular weight excluding hydrogens is 987 g/mol. The van der Waals surface area contributed by atoms with E-state index in [2.05, 4.69) is 44.2 Å². The average Bonchev–Trinajstić information content (AvgIpc) is 3.41. The Morgan fingerprint density at radius 3 is 1.43 bits per heavy atom. The van der Waals surface area contributed by atoms with Crippen LogP contribution in [0.4, 0.5) is 8.78 Å². The summed E-state index contributed by atoms with van der Waals surface area (Å²) in [6.07, 6.45) is 6.13. The van der Waals surface area contributed by atoms with E-state index in [1.54, 1.807) is 54.9 Å². The average molecular weight is 1010 g/mol. The summed E-state index contributed by atoms with van der Waals surface area (Å²) in [5.74, 6) is 1.31. The first-order valence-corrected chi connectivity index (χ1v) is 14.4. The van der Waals surface area contributed by atoms with Gasteiger partial charge in [-0.05, 0) is 41.7 Å². The molecule has 0 fully saturated rings. The molecular formula is C38H19F2N5O2Pt2. The van der Waals surface area contributed by atoms with E-state index in [1.807, 2.05) is 28.8 Å². The molecule has 242 valence electrons. The van der Waals surface area contributed by atoms with Crippen LogP contribution in [0.2, 0.25) is 0 Å². The van der Waals surface area contributed by atoms with Gasteiger partial charge in [0.1, 0.15) is 11.6 Å². The van der Waals surface area contributed by atoms with Crippen LogP contribution in [0.25, 0.3) is 50.3 Å². The molecule has 11 heteroatoms. The number of hydrogen-bond donors (Lipinski definition) is 0. The van der Waals surface area contributed by atoms with Crippen LogP contribution in [0, 0.1) is 35.9 Å². The van der Waals surface area contributed by atoms with Crippen LogP contribution in [0.15, 0.2) is 116 Å². The van der Waals surface area contributed by atoms with Crippen molar-refractivity contribution in [2.24, 2.45) is 0 Å². The summed E-state index contributed by atoms with van der Waals surface area (Å²) in [4.78, 5) is 17.5. The van der Waals surface area contributed by atoms with Gasteiger partial charge in [0, 0.05) is 47.8 Å². The van der Waals surface area contributed by atoms with Gasteiger partial charge in [0.05, 0.1) is 0 Å². The second kappa shape index (κ2) is 14.6. The molecule has 0 atom stereocenters. The van der Waals surface area contributed by atoms with Crippen molar-refractivity contribution in [3.8, 4) is 51.5 Å². The van der Waals surface area contributed by atoms with Crippen LogP contribution in [0.5, 0.6) is 23.0 Å². The van der Waals surface area contributed by atoms with Crippen LogP contribution in [-0.2, 0) is 42.1 Å². The molecule has 0 amide bonds. The number of nitrogens with zero attached hydrogens (tertiary/aromatic N) is 5. The molecule has 0 aliphatic heterocycles. The van der Waals surface area contributed by atoms with Gasteiger partial charge < -0.3 is 24.0 Å². The number of ether oxygens (including phenoxy) is 2. The third kappa shape index (κ3) is 7.05. The fourth-order valence-electron chi connectivity index (χ4n) is 5.21. The van der Waals surface area contributed by atoms with Crippen molar-refractivity contribution < 1.29 is 60.4 Å². The van der Waals surface area contributed by atoms with Crippen molar-refractivity contribution in [1.29, 1.82) is 0 Å². The van der Waals surface area contributed by atoms with Gasteiger partial charge in [-0.1, -0.05) is 23.2 Å². The predicted molar refractivity (Wildman–Crippen MR) is 171 cm³/mol. The smallest absolute Gasteiger partial charge is 0.503 e. The number of halogens is 2. The Labute approximate surface area is 308 Å². The summed E-state index contributed by atoms with van der Waals surface area (Å²) in [5, 5.41) is 1.74. The second-order valence-corrected chi connectivity index (χ2v) is 10.3. The van der Waals surface area contributed by atoms with Gasteiger partial charge in [-0.2, -0.15) is 22.9 Å². The van der Waals surface area contributed by atoms with Crippen molar-refractivity contribution in [1.82, 2.24) is 24.5 Å². The molecule has 8 aromatic rings. The van der Waals surface area contributed by atoms with Gasteiger partial charge >= 0.3 is 42.1 Å². The van der Waals surface area contributed by atoms with E-state index in [-0.39, 0.29) is 53.8 Å². The van der Waals surface area contributed by atoms with Gasteiger partial charge in [0.2, 0.25) is 5.95 Å². The van der Waals surface area contributed by atoms with Crippen molar-refractivity contribution >= 4 is 21.8 Å². The van der Waals surface area contributed by atoms with Crippen molar-refractivity contribution in [3.63, 3.8) is 0 Å². The van der Waals surface area contributed by atoms with Gasteiger partial charge in [0.15, 0.2) is 0 Å². The Morgan fingerprint density at radius 2 is 0.959 bits per heavy atom. The first-order valence-electron chi connectivity index (χ1n) is 14.4. The number of hydrogen-bond acceptors (Lipinski definition) is 6. The summed E-state index contributed by atoms with van der Waals surface area (Å²) < 4.78 is 41.8. The molecule has 7 nitrogen and oxygen atoms in total. The molecule has 0 N–H and O–H groups in total. The Kier molecular flexibility index (Phi) is 10.0. The second-order valence-electron chi connectivity index (χ2n) is 10.3. The molecule has 0 aliphatic rings. The fraction of sp³-hybridized carbons (Fsp3) is 0. The molecule has 4 aromatic heterocycles. The van der Waals surface area contributed by atoms with Crippen molar-refractivity contribution in [2.75, 3.05) is 0 Å². The Bertz CT molecular complexity index is 2280. The SMILES string of the molecule is Fc1ccnc(-c2[c-]c(Oc3[c-]c4c(cc3)c3ccc(Oc5[c-]c(-c6cc(F)ccn6)ccc5)[c-]c3n4-c3ncccn3)ccc2)c1.[Pt+2].[Pt+2]. The van der Waals surface area contributed by atoms with Gasteiger partial charge in [-0.25, -0.2) is 18.7 Å². The number of benzene rings is 4. The number of aromatic nitrogens is 5. The first-order chi connectivity index (χ1) is 23.1. The van der Waals surface area contributed by atoms with E-state index >= 15 is 0 Å². The molecule has 0 unspecified atom stereocenters. The van der Waals surface area contributed by atoms with E-state index in [0.717, 1.165) is 10.8 Å². The maximum absolute atomic E-state index is 13.8. The summed E-state index contributed by atoms with van der Waals surface area (Å²) in [6, 6.07) is 38.2. The third-order valence-corrected chi connectivity index (χ3v) is 7.26. The van der Waals surface area contributed by atoms with E-state index in [9.17, 15) is 8.78 Å². The normalized spacial score (nSPS) is 10.7. The monoisotopic (exact) mass is 1010 g/mol. The number of fused-ring (bicyclic) bond motifs is 3. The molecule has 0 bridgehead atoms.